The summed E-state index contributed by atoms with van der Waals surface area (Å²) in [5.74, 6) is -2.24. The molecule has 0 spiro atoms. The number of hydrogen-bond donors (Lipinski definition) is 3. The minimum Gasteiger partial charge on any atom is -0.462 e. The van der Waals surface area contributed by atoms with E-state index in [-0.39, 0.29) is 25.7 Å². The van der Waals surface area contributed by atoms with Crippen molar-refractivity contribution in [3.05, 3.63) is 122 Å². The third-order valence-electron chi connectivity index (χ3n) is 15.9. The van der Waals surface area contributed by atoms with Crippen LogP contribution in [-0.4, -0.2) is 96.7 Å². The van der Waals surface area contributed by atoms with Crippen molar-refractivity contribution in [2.24, 2.45) is 0 Å². The summed E-state index contributed by atoms with van der Waals surface area (Å²) >= 11 is 0. The van der Waals surface area contributed by atoms with E-state index < -0.39 is 97.5 Å². The van der Waals surface area contributed by atoms with Gasteiger partial charge in [0.15, 0.2) is 12.2 Å². The zero-order chi connectivity index (χ0) is 73.2. The van der Waals surface area contributed by atoms with E-state index >= 15 is 0 Å². The molecule has 0 fully saturated rings. The first kappa shape index (κ1) is 95.5. The highest BCUT2D eigenvalue weighted by Gasteiger charge is 2.30. The van der Waals surface area contributed by atoms with Crippen molar-refractivity contribution in [1.82, 2.24) is 0 Å². The molecule has 0 aromatic heterocycles. The number of phosphoric ester groups is 2. The van der Waals surface area contributed by atoms with Crippen LogP contribution in [0.25, 0.3) is 0 Å². The fraction of sp³-hybridized carbons (Fsp3) is 0.704. The van der Waals surface area contributed by atoms with Crippen molar-refractivity contribution >= 4 is 39.5 Å². The second-order valence-corrected chi connectivity index (χ2v) is 28.4. The average Bonchev–Trinajstić information content (AvgIpc) is 1.06. The quantitative estimate of drug-likeness (QED) is 0.0169. The first-order chi connectivity index (χ1) is 48.7. The van der Waals surface area contributed by atoms with E-state index in [1.165, 1.54) is 44.9 Å². The molecule has 17 nitrogen and oxygen atoms in total. The molecular formula is C81H138O17P2. The van der Waals surface area contributed by atoms with Gasteiger partial charge in [-0.1, -0.05) is 252 Å². The van der Waals surface area contributed by atoms with Gasteiger partial charge in [0.2, 0.25) is 0 Å². The van der Waals surface area contributed by atoms with E-state index in [1.807, 2.05) is 0 Å². The van der Waals surface area contributed by atoms with Crippen LogP contribution in [0, 0.1) is 0 Å². The molecule has 0 rings (SSSR count). The third kappa shape index (κ3) is 71.8. The van der Waals surface area contributed by atoms with E-state index in [2.05, 4.69) is 149 Å². The topological polar surface area (TPSA) is 237 Å². The van der Waals surface area contributed by atoms with Crippen LogP contribution in [0.4, 0.5) is 0 Å². The Balaban J connectivity index is 5.40. The Kier molecular flexibility index (Phi) is 69.5. The molecule has 0 aliphatic heterocycles. The first-order valence-electron chi connectivity index (χ1n) is 38.8. The molecule has 0 aromatic rings. The Morgan fingerprint density at radius 1 is 0.290 bits per heavy atom. The fourth-order valence-electron chi connectivity index (χ4n) is 10.0. The summed E-state index contributed by atoms with van der Waals surface area (Å²) < 4.78 is 68.5. The molecule has 0 aliphatic carbocycles. The average molecular weight is 1450 g/mol. The fourth-order valence-corrected chi connectivity index (χ4v) is 11.6. The Morgan fingerprint density at radius 2 is 0.520 bits per heavy atom. The van der Waals surface area contributed by atoms with Gasteiger partial charge in [-0.25, -0.2) is 9.13 Å². The number of esters is 4. The SMILES string of the molecule is CC/C=C\C/C=C\C/C=C\C/C=C\CCCCCCC(=O)OCC(COP(=O)(O)OCC(O)COP(=O)(O)OCC(COC(=O)CCCCCCC/C=C\C/C=C\CCCCC)OC(=O)CCCCCCC/C=C\CCCCCC)OC(=O)CCCCCCC/C=C\C/C=C\C/C=C\CC. The van der Waals surface area contributed by atoms with Gasteiger partial charge in [-0.15, -0.1) is 0 Å². The lowest BCUT2D eigenvalue weighted by molar-refractivity contribution is -0.161. The van der Waals surface area contributed by atoms with Crippen molar-refractivity contribution in [2.75, 3.05) is 39.6 Å². The van der Waals surface area contributed by atoms with Crippen molar-refractivity contribution in [2.45, 2.75) is 329 Å². The van der Waals surface area contributed by atoms with Crippen LogP contribution in [0.3, 0.4) is 0 Å². The van der Waals surface area contributed by atoms with Gasteiger partial charge in [0.25, 0.3) is 0 Å². The summed E-state index contributed by atoms with van der Waals surface area (Å²) in [4.78, 5) is 72.9. The number of ether oxygens (including phenoxy) is 4. The van der Waals surface area contributed by atoms with Crippen LogP contribution >= 0.6 is 15.6 Å². The molecule has 0 amide bonds. The Morgan fingerprint density at radius 3 is 0.830 bits per heavy atom. The monoisotopic (exact) mass is 1440 g/mol. The Hall–Kier alpha value is -4.54. The van der Waals surface area contributed by atoms with Crippen molar-refractivity contribution in [3.63, 3.8) is 0 Å². The maximum Gasteiger partial charge on any atom is 0.472 e. The standard InChI is InChI=1S/C81H138O17P2/c1-5-9-13-17-21-25-29-33-36-37-40-43-46-50-54-58-62-66-79(84)92-72-77(98-81(86)68-64-60-56-52-48-44-39-35-31-27-23-19-15-11-7-3)74-96-100(89,90)94-70-75(82)69-93-99(87,88)95-73-76(97-80(85)67-63-59-55-51-47-41-32-28-24-20-16-12-8-4)71-91-78(83)65-61-57-53-49-45-42-38-34-30-26-22-18-14-10-6-2/h9,11,13,15,21-23,25-28,32-36,38-40,43,75-77,82H,5-8,10,12,14,16-20,24,29-31,37,41-42,44-74H2,1-4H3,(H,87,88)(H,89,90)/b13-9-,15-11-,25-21-,26-22-,27-23-,32-28-,36-33-,38-34-,39-35-,43-40-. The summed E-state index contributed by atoms with van der Waals surface area (Å²) in [6, 6.07) is 0. The lowest BCUT2D eigenvalue weighted by Crippen LogP contribution is -2.30. The lowest BCUT2D eigenvalue weighted by Gasteiger charge is -2.21. The molecule has 3 N–H and O–H groups in total. The molecular weight excluding hydrogens is 1310 g/mol. The number of rotatable bonds is 72. The number of phosphoric acid groups is 2. The molecule has 0 aliphatic rings. The number of aliphatic hydroxyl groups excluding tert-OH is 1. The summed E-state index contributed by atoms with van der Waals surface area (Å²) in [6.07, 6.45) is 78.9. The van der Waals surface area contributed by atoms with E-state index in [1.54, 1.807) is 0 Å². The number of unbranched alkanes of at least 4 members (excludes halogenated alkanes) is 26. The predicted molar refractivity (Wildman–Crippen MR) is 408 cm³/mol. The molecule has 0 saturated carbocycles. The van der Waals surface area contributed by atoms with Crippen LogP contribution in [0.5, 0.6) is 0 Å². The van der Waals surface area contributed by atoms with Gasteiger partial charge < -0.3 is 33.8 Å². The number of allylic oxidation sites excluding steroid dienone is 20. The largest absolute Gasteiger partial charge is 0.472 e. The highest BCUT2D eigenvalue weighted by Crippen LogP contribution is 2.45. The predicted octanol–water partition coefficient (Wildman–Crippen LogP) is 22.3. The van der Waals surface area contributed by atoms with Crippen LogP contribution < -0.4 is 0 Å². The highest BCUT2D eigenvalue weighted by atomic mass is 31.2. The normalized spacial score (nSPS) is 14.6. The second kappa shape index (κ2) is 72.8. The number of carbonyl (C=O) groups is 4. The third-order valence-corrected chi connectivity index (χ3v) is 17.8. The van der Waals surface area contributed by atoms with E-state index in [0.29, 0.717) is 25.7 Å². The molecule has 0 radical (unpaired) electrons. The summed E-state index contributed by atoms with van der Waals surface area (Å²) in [7, 11) is -9.97. The number of carbonyl (C=O) groups excluding carboxylic acids is 4. The molecule has 19 heteroatoms. The number of aliphatic hydroxyl groups is 1. The summed E-state index contributed by atoms with van der Waals surface area (Å²) in [5, 5.41) is 10.6. The molecule has 100 heavy (non-hydrogen) atoms. The Bertz CT molecular complexity index is 2370. The maximum atomic E-state index is 13.1. The van der Waals surface area contributed by atoms with E-state index in [9.17, 15) is 43.2 Å². The van der Waals surface area contributed by atoms with Crippen molar-refractivity contribution < 1.29 is 80.2 Å². The second-order valence-electron chi connectivity index (χ2n) is 25.5. The van der Waals surface area contributed by atoms with Gasteiger partial charge >= 0.3 is 39.5 Å². The molecule has 0 bridgehead atoms. The zero-order valence-electron chi connectivity index (χ0n) is 62.6. The molecule has 5 unspecified atom stereocenters. The van der Waals surface area contributed by atoms with Gasteiger partial charge in [-0.3, -0.25) is 37.3 Å². The zero-order valence-corrected chi connectivity index (χ0v) is 64.4. The van der Waals surface area contributed by atoms with E-state index in [4.69, 9.17) is 37.0 Å². The van der Waals surface area contributed by atoms with Crippen LogP contribution in [-0.2, 0) is 65.4 Å². The van der Waals surface area contributed by atoms with Crippen LogP contribution in [0.15, 0.2) is 122 Å². The van der Waals surface area contributed by atoms with Crippen LogP contribution in [0.2, 0.25) is 0 Å². The maximum absolute atomic E-state index is 13.1. The van der Waals surface area contributed by atoms with Crippen LogP contribution in [0.1, 0.15) is 310 Å². The smallest absolute Gasteiger partial charge is 0.462 e. The molecule has 0 heterocycles. The van der Waals surface area contributed by atoms with Gasteiger partial charge in [-0.2, -0.15) is 0 Å². The summed E-state index contributed by atoms with van der Waals surface area (Å²) in [5.41, 5.74) is 0. The molecule has 0 aromatic carbocycles. The number of hydrogen-bond acceptors (Lipinski definition) is 15. The van der Waals surface area contributed by atoms with Gasteiger partial charge in [0, 0.05) is 25.7 Å². The minimum atomic E-state index is -4.99. The molecule has 574 valence electrons. The first-order valence-corrected chi connectivity index (χ1v) is 41.8. The van der Waals surface area contributed by atoms with Gasteiger partial charge in [0.1, 0.15) is 19.3 Å². The van der Waals surface area contributed by atoms with Gasteiger partial charge in [0.05, 0.1) is 26.4 Å². The Labute approximate surface area is 606 Å². The highest BCUT2D eigenvalue weighted by molar-refractivity contribution is 7.47. The lowest BCUT2D eigenvalue weighted by atomic mass is 10.1. The summed E-state index contributed by atoms with van der Waals surface area (Å²) in [6.45, 7) is 4.54. The minimum absolute atomic E-state index is 0.0670. The van der Waals surface area contributed by atoms with Crippen molar-refractivity contribution in [1.29, 1.82) is 0 Å². The van der Waals surface area contributed by atoms with E-state index in [0.717, 1.165) is 186 Å². The molecule has 5 atom stereocenters. The van der Waals surface area contributed by atoms with Gasteiger partial charge in [-0.05, 0) is 154 Å². The van der Waals surface area contributed by atoms with Crippen molar-refractivity contribution in [3.8, 4) is 0 Å². The molecule has 0 saturated heterocycles.